The summed E-state index contributed by atoms with van der Waals surface area (Å²) in [5.74, 6) is -3.19. The predicted molar refractivity (Wildman–Crippen MR) is 60.0 cm³/mol. The maximum absolute atomic E-state index is 13.8. The first-order valence-electron chi connectivity index (χ1n) is 5.42. The van der Waals surface area contributed by atoms with E-state index in [4.69, 9.17) is 4.74 Å². The van der Waals surface area contributed by atoms with Crippen molar-refractivity contribution in [3.8, 4) is 0 Å². The highest BCUT2D eigenvalue weighted by atomic mass is 19.3. The Balaban J connectivity index is 2.68. The van der Waals surface area contributed by atoms with Gasteiger partial charge in [-0.15, -0.1) is 0 Å². The Morgan fingerprint density at radius 1 is 1.40 bits per heavy atom. The number of hydrogen-bond donors (Lipinski definition) is 0. The summed E-state index contributed by atoms with van der Waals surface area (Å²) in [6.07, 6.45) is -2.22. The molecule has 1 atom stereocenters. The summed E-state index contributed by atoms with van der Waals surface area (Å²) in [6, 6.07) is 0.877. The fraction of sp³-hybridized carbons (Fsp3) is 0.364. The predicted octanol–water partition coefficient (Wildman–Crippen LogP) is 2.43. The second-order valence-electron chi connectivity index (χ2n) is 4.10. The molecule has 9 heteroatoms. The molecule has 0 saturated heterocycles. The highest BCUT2D eigenvalue weighted by Gasteiger charge is 2.46. The van der Waals surface area contributed by atoms with Crippen molar-refractivity contribution in [2.24, 2.45) is 4.99 Å². The average Bonchev–Trinajstić information content (AvgIpc) is 2.42. The third-order valence-corrected chi connectivity index (χ3v) is 2.89. The molecule has 1 heterocycles. The molecule has 0 bridgehead atoms. The van der Waals surface area contributed by atoms with E-state index in [1.165, 1.54) is 0 Å². The Bertz CT molecular complexity index is 579. The van der Waals surface area contributed by atoms with Gasteiger partial charge in [-0.05, 0) is 0 Å². The minimum atomic E-state index is -3.21. The SMILES string of the molecule is O=[N+]([O-])c1cc(F)c(F)c([C@]2(C(F)F)COCC=N2)c1. The molecule has 2 rings (SSSR count). The van der Waals surface area contributed by atoms with Gasteiger partial charge in [0, 0.05) is 17.8 Å². The van der Waals surface area contributed by atoms with Crippen molar-refractivity contribution in [2.45, 2.75) is 12.0 Å². The number of nitro groups is 1. The monoisotopic (exact) mass is 292 g/mol. The van der Waals surface area contributed by atoms with E-state index in [0.717, 1.165) is 6.21 Å². The molecule has 1 aliphatic rings. The van der Waals surface area contributed by atoms with Crippen LogP contribution in [0.25, 0.3) is 0 Å². The second kappa shape index (κ2) is 5.16. The van der Waals surface area contributed by atoms with E-state index >= 15 is 0 Å². The molecule has 1 aromatic carbocycles. The van der Waals surface area contributed by atoms with Crippen LogP contribution in [0.2, 0.25) is 0 Å². The lowest BCUT2D eigenvalue weighted by atomic mass is 9.90. The highest BCUT2D eigenvalue weighted by Crippen LogP contribution is 2.38. The van der Waals surface area contributed by atoms with Gasteiger partial charge in [-0.25, -0.2) is 17.6 Å². The fourth-order valence-electron chi connectivity index (χ4n) is 1.88. The van der Waals surface area contributed by atoms with Gasteiger partial charge in [0.15, 0.2) is 17.2 Å². The van der Waals surface area contributed by atoms with Crippen LogP contribution >= 0.6 is 0 Å². The first-order valence-corrected chi connectivity index (χ1v) is 5.42. The largest absolute Gasteiger partial charge is 0.373 e. The van der Waals surface area contributed by atoms with Crippen molar-refractivity contribution < 1.29 is 27.2 Å². The number of aliphatic imine (C=N–C) groups is 1. The van der Waals surface area contributed by atoms with E-state index in [0.29, 0.717) is 12.1 Å². The lowest BCUT2D eigenvalue weighted by molar-refractivity contribution is -0.385. The zero-order valence-electron chi connectivity index (χ0n) is 9.85. The molecule has 0 aliphatic carbocycles. The number of ether oxygens (including phenoxy) is 1. The summed E-state index contributed by atoms with van der Waals surface area (Å²) >= 11 is 0. The lowest BCUT2D eigenvalue weighted by Crippen LogP contribution is -2.41. The van der Waals surface area contributed by atoms with Crippen molar-refractivity contribution in [1.82, 2.24) is 0 Å². The fourth-order valence-corrected chi connectivity index (χ4v) is 1.88. The van der Waals surface area contributed by atoms with Crippen LogP contribution in [0.3, 0.4) is 0 Å². The number of benzene rings is 1. The zero-order chi connectivity index (χ0) is 14.9. The van der Waals surface area contributed by atoms with Crippen molar-refractivity contribution in [2.75, 3.05) is 13.2 Å². The van der Waals surface area contributed by atoms with Gasteiger partial charge in [0.1, 0.15) is 0 Å². The van der Waals surface area contributed by atoms with Gasteiger partial charge in [-0.1, -0.05) is 0 Å². The molecule has 0 amide bonds. The molecule has 0 saturated carbocycles. The normalized spacial score (nSPS) is 22.2. The van der Waals surface area contributed by atoms with Gasteiger partial charge in [-0.2, -0.15) is 0 Å². The van der Waals surface area contributed by atoms with Crippen LogP contribution in [-0.4, -0.2) is 30.8 Å². The maximum Gasteiger partial charge on any atom is 0.272 e. The summed E-state index contributed by atoms with van der Waals surface area (Å²) in [6.45, 7) is -0.744. The van der Waals surface area contributed by atoms with E-state index < -0.39 is 46.4 Å². The third kappa shape index (κ3) is 2.24. The molecule has 1 aromatic rings. The molecular weight excluding hydrogens is 284 g/mol. The molecule has 108 valence electrons. The van der Waals surface area contributed by atoms with Crippen molar-refractivity contribution in [3.05, 3.63) is 39.4 Å². The third-order valence-electron chi connectivity index (χ3n) is 2.89. The molecule has 1 aliphatic heterocycles. The standard InChI is InChI=1S/C11H8F4N2O3/c12-8-4-6(17(18)19)3-7(9(8)13)11(10(14)15)5-20-2-1-16-11/h1,3-4,10H,2,5H2/t11-/m0/s1. The van der Waals surface area contributed by atoms with E-state index in [2.05, 4.69) is 4.99 Å². The molecule has 20 heavy (non-hydrogen) atoms. The quantitative estimate of drug-likeness (QED) is 0.488. The van der Waals surface area contributed by atoms with Gasteiger partial charge in [-0.3, -0.25) is 15.1 Å². The van der Waals surface area contributed by atoms with E-state index in [9.17, 15) is 27.7 Å². The Morgan fingerprint density at radius 2 is 2.10 bits per heavy atom. The summed E-state index contributed by atoms with van der Waals surface area (Å²) < 4.78 is 58.5. The molecule has 0 aromatic heterocycles. The number of alkyl halides is 2. The second-order valence-corrected chi connectivity index (χ2v) is 4.10. The molecule has 0 radical (unpaired) electrons. The van der Waals surface area contributed by atoms with Gasteiger partial charge in [0.2, 0.25) is 0 Å². The summed E-state index contributed by atoms with van der Waals surface area (Å²) in [4.78, 5) is 13.1. The molecule has 5 nitrogen and oxygen atoms in total. The van der Waals surface area contributed by atoms with Crippen molar-refractivity contribution >= 4 is 11.9 Å². The highest BCUT2D eigenvalue weighted by molar-refractivity contribution is 5.61. The van der Waals surface area contributed by atoms with Gasteiger partial charge >= 0.3 is 0 Å². The van der Waals surface area contributed by atoms with Gasteiger partial charge < -0.3 is 4.74 Å². The van der Waals surface area contributed by atoms with Crippen LogP contribution in [-0.2, 0) is 10.3 Å². The number of rotatable bonds is 3. The topological polar surface area (TPSA) is 64.7 Å². The summed E-state index contributed by atoms with van der Waals surface area (Å²) in [5.41, 5.74) is -4.20. The Morgan fingerprint density at radius 3 is 2.60 bits per heavy atom. The maximum atomic E-state index is 13.8. The first-order chi connectivity index (χ1) is 9.38. The molecular formula is C11H8F4N2O3. The smallest absolute Gasteiger partial charge is 0.272 e. The van der Waals surface area contributed by atoms with Crippen LogP contribution in [0.4, 0.5) is 23.2 Å². The van der Waals surface area contributed by atoms with Gasteiger partial charge in [0.05, 0.1) is 24.2 Å². The molecule has 0 N–H and O–H groups in total. The van der Waals surface area contributed by atoms with E-state index in [1.54, 1.807) is 0 Å². The average molecular weight is 292 g/mol. The first kappa shape index (κ1) is 14.4. The number of nitro benzene ring substituents is 1. The molecule has 0 unspecified atom stereocenters. The van der Waals surface area contributed by atoms with Crippen molar-refractivity contribution in [1.29, 1.82) is 0 Å². The molecule has 0 fully saturated rings. The van der Waals surface area contributed by atoms with Crippen LogP contribution in [0.5, 0.6) is 0 Å². The number of hydrogen-bond acceptors (Lipinski definition) is 4. The summed E-state index contributed by atoms with van der Waals surface area (Å²) in [5, 5.41) is 10.6. The van der Waals surface area contributed by atoms with Crippen molar-refractivity contribution in [3.63, 3.8) is 0 Å². The minimum Gasteiger partial charge on any atom is -0.373 e. The number of non-ortho nitro benzene ring substituents is 1. The molecule has 0 spiro atoms. The number of nitrogens with zero attached hydrogens (tertiary/aromatic N) is 2. The van der Waals surface area contributed by atoms with Crippen LogP contribution < -0.4 is 0 Å². The van der Waals surface area contributed by atoms with Crippen LogP contribution in [0, 0.1) is 21.7 Å². The Labute approximate surface area is 110 Å². The van der Waals surface area contributed by atoms with E-state index in [1.807, 2.05) is 0 Å². The van der Waals surface area contributed by atoms with Gasteiger partial charge in [0.25, 0.3) is 12.1 Å². The van der Waals surface area contributed by atoms with Crippen LogP contribution in [0.15, 0.2) is 17.1 Å². The zero-order valence-corrected chi connectivity index (χ0v) is 9.85. The number of halogens is 4. The lowest BCUT2D eigenvalue weighted by Gasteiger charge is -2.31. The van der Waals surface area contributed by atoms with Crippen LogP contribution in [0.1, 0.15) is 5.56 Å². The minimum absolute atomic E-state index is 0.0481. The van der Waals surface area contributed by atoms with E-state index in [-0.39, 0.29) is 6.61 Å². The Kier molecular flexibility index (Phi) is 3.71. The Hall–Kier alpha value is -2.03. The summed E-state index contributed by atoms with van der Waals surface area (Å²) in [7, 11) is 0.